The highest BCUT2D eigenvalue weighted by Gasteiger charge is 2.15. The second-order valence-electron chi connectivity index (χ2n) is 5.51. The Morgan fingerprint density at radius 3 is 2.33 bits per heavy atom. The summed E-state index contributed by atoms with van der Waals surface area (Å²) >= 11 is 17.9. The van der Waals surface area contributed by atoms with Crippen molar-refractivity contribution in [2.75, 3.05) is 0 Å². The van der Waals surface area contributed by atoms with Crippen LogP contribution in [0.15, 0.2) is 30.3 Å². The molecule has 0 aliphatic heterocycles. The zero-order valence-corrected chi connectivity index (χ0v) is 16.0. The summed E-state index contributed by atoms with van der Waals surface area (Å²) in [4.78, 5) is 15.7. The molecule has 3 aromatic rings. The molecule has 1 aromatic heterocycles. The number of benzene rings is 2. The molecule has 27 heavy (non-hydrogen) atoms. The molecule has 0 amide bonds. The fourth-order valence-electron chi connectivity index (χ4n) is 2.42. The quantitative estimate of drug-likeness (QED) is 0.350. The molecule has 138 valence electrons. The first-order chi connectivity index (χ1) is 12.8. The summed E-state index contributed by atoms with van der Waals surface area (Å²) < 4.78 is 32.9. The number of hydrogen-bond donors (Lipinski definition) is 0. The Bertz CT molecular complexity index is 1080. The van der Waals surface area contributed by atoms with E-state index < -0.39 is 17.6 Å². The van der Waals surface area contributed by atoms with E-state index in [0.29, 0.717) is 16.1 Å². The van der Waals surface area contributed by atoms with Crippen LogP contribution < -0.4 is 4.74 Å². The Morgan fingerprint density at radius 1 is 1.04 bits per heavy atom. The summed E-state index contributed by atoms with van der Waals surface area (Å²) in [6.07, 6.45) is 2.63. The molecule has 0 spiro atoms. The van der Waals surface area contributed by atoms with Gasteiger partial charge < -0.3 is 4.74 Å². The van der Waals surface area contributed by atoms with Crippen LogP contribution in [0.2, 0.25) is 15.1 Å². The standard InChI is InChI=1S/C19H10Cl3F2NO2/c1-9(26)27-19-15(22)8-14(21)12-4-2-11(25-18(12)19)3-5-13-16(23)6-10(20)7-17(13)24/h2-8H,1H3/b5-3+. The molecule has 2 aromatic carbocycles. The van der Waals surface area contributed by atoms with Crippen LogP contribution in [-0.2, 0) is 4.79 Å². The van der Waals surface area contributed by atoms with E-state index in [2.05, 4.69) is 4.98 Å². The minimum atomic E-state index is -0.802. The van der Waals surface area contributed by atoms with Crippen molar-refractivity contribution in [3.8, 4) is 5.75 Å². The number of fused-ring (bicyclic) bond motifs is 1. The minimum Gasteiger partial charge on any atom is -0.423 e. The van der Waals surface area contributed by atoms with Gasteiger partial charge in [-0.2, -0.15) is 0 Å². The number of ether oxygens (including phenoxy) is 1. The lowest BCUT2D eigenvalue weighted by Gasteiger charge is -2.10. The summed E-state index contributed by atoms with van der Waals surface area (Å²) in [5.41, 5.74) is 0.343. The van der Waals surface area contributed by atoms with Crippen LogP contribution in [0.3, 0.4) is 0 Å². The van der Waals surface area contributed by atoms with Gasteiger partial charge in [-0.1, -0.05) is 34.8 Å². The van der Waals surface area contributed by atoms with Gasteiger partial charge in [-0.05, 0) is 42.5 Å². The van der Waals surface area contributed by atoms with Gasteiger partial charge in [0.05, 0.1) is 15.7 Å². The van der Waals surface area contributed by atoms with Crippen molar-refractivity contribution in [2.45, 2.75) is 6.92 Å². The van der Waals surface area contributed by atoms with Gasteiger partial charge >= 0.3 is 5.97 Å². The van der Waals surface area contributed by atoms with Crippen LogP contribution >= 0.6 is 34.8 Å². The van der Waals surface area contributed by atoms with Crippen molar-refractivity contribution in [1.82, 2.24) is 4.98 Å². The molecular weight excluding hydrogens is 419 g/mol. The summed E-state index contributed by atoms with van der Waals surface area (Å²) in [5.74, 6) is -2.12. The third-order valence-corrected chi connectivity index (χ3v) is 4.38. The lowest BCUT2D eigenvalue weighted by atomic mass is 10.1. The Kier molecular flexibility index (Phi) is 5.65. The number of nitrogens with zero attached hydrogens (tertiary/aromatic N) is 1. The molecule has 0 fully saturated rings. The number of carbonyl (C=O) groups excluding carboxylic acids is 1. The van der Waals surface area contributed by atoms with Gasteiger partial charge in [0.2, 0.25) is 0 Å². The number of aromatic nitrogens is 1. The molecule has 0 saturated heterocycles. The van der Waals surface area contributed by atoms with Crippen molar-refractivity contribution >= 4 is 63.8 Å². The van der Waals surface area contributed by atoms with Gasteiger partial charge in [0.15, 0.2) is 5.75 Å². The van der Waals surface area contributed by atoms with Crippen molar-refractivity contribution < 1.29 is 18.3 Å². The van der Waals surface area contributed by atoms with Crippen LogP contribution in [0, 0.1) is 11.6 Å². The average Bonchev–Trinajstić information content (AvgIpc) is 2.57. The molecule has 1 heterocycles. The molecular formula is C19H10Cl3F2NO2. The third kappa shape index (κ3) is 4.21. The number of esters is 1. The van der Waals surface area contributed by atoms with Crippen molar-refractivity contribution in [3.63, 3.8) is 0 Å². The number of hydrogen-bond acceptors (Lipinski definition) is 3. The van der Waals surface area contributed by atoms with Gasteiger partial charge in [0.25, 0.3) is 0 Å². The zero-order chi connectivity index (χ0) is 19.7. The third-order valence-electron chi connectivity index (χ3n) is 3.57. The summed E-state index contributed by atoms with van der Waals surface area (Å²) in [6.45, 7) is 1.23. The Labute approximate surface area is 168 Å². The van der Waals surface area contributed by atoms with E-state index in [9.17, 15) is 13.6 Å². The molecule has 0 unspecified atom stereocenters. The maximum atomic E-state index is 13.9. The van der Waals surface area contributed by atoms with Crippen molar-refractivity contribution in [1.29, 1.82) is 0 Å². The Morgan fingerprint density at radius 2 is 1.70 bits per heavy atom. The van der Waals surface area contributed by atoms with Crippen molar-refractivity contribution in [2.24, 2.45) is 0 Å². The molecule has 8 heteroatoms. The van der Waals surface area contributed by atoms with E-state index in [-0.39, 0.29) is 26.9 Å². The molecule has 0 atom stereocenters. The maximum Gasteiger partial charge on any atom is 0.308 e. The molecule has 0 radical (unpaired) electrons. The van der Waals surface area contributed by atoms with Crippen molar-refractivity contribution in [3.05, 3.63) is 68.3 Å². The second kappa shape index (κ2) is 7.80. The van der Waals surface area contributed by atoms with E-state index >= 15 is 0 Å². The largest absolute Gasteiger partial charge is 0.423 e. The van der Waals surface area contributed by atoms with E-state index in [1.165, 1.54) is 25.1 Å². The topological polar surface area (TPSA) is 39.2 Å². The first kappa shape index (κ1) is 19.5. The maximum absolute atomic E-state index is 13.9. The molecule has 0 N–H and O–H groups in total. The van der Waals surface area contributed by atoms with Crippen LogP contribution in [0.5, 0.6) is 5.75 Å². The highest BCUT2D eigenvalue weighted by Crippen LogP contribution is 2.37. The molecule has 3 rings (SSSR count). The normalized spacial score (nSPS) is 11.3. The number of carbonyl (C=O) groups is 1. The predicted octanol–water partition coefficient (Wildman–Crippen LogP) is 6.57. The zero-order valence-electron chi connectivity index (χ0n) is 13.7. The fourth-order valence-corrected chi connectivity index (χ4v) is 3.17. The van der Waals surface area contributed by atoms with Gasteiger partial charge in [-0.15, -0.1) is 0 Å². The highest BCUT2D eigenvalue weighted by molar-refractivity contribution is 6.39. The van der Waals surface area contributed by atoms with Gasteiger partial charge in [-0.25, -0.2) is 13.8 Å². The van der Waals surface area contributed by atoms with Crippen LogP contribution in [-0.4, -0.2) is 11.0 Å². The monoisotopic (exact) mass is 427 g/mol. The lowest BCUT2D eigenvalue weighted by molar-refractivity contribution is -0.131. The SMILES string of the molecule is CC(=O)Oc1c(Cl)cc(Cl)c2ccc(/C=C/c3c(F)cc(Cl)cc3F)nc12. The van der Waals surface area contributed by atoms with Gasteiger partial charge in [-0.3, -0.25) is 4.79 Å². The van der Waals surface area contributed by atoms with E-state index in [1.54, 1.807) is 12.1 Å². The van der Waals surface area contributed by atoms with Crippen LogP contribution in [0.25, 0.3) is 23.1 Å². The smallest absolute Gasteiger partial charge is 0.308 e. The van der Waals surface area contributed by atoms with Crippen LogP contribution in [0.4, 0.5) is 8.78 Å². The molecule has 0 aliphatic carbocycles. The molecule has 3 nitrogen and oxygen atoms in total. The second-order valence-corrected chi connectivity index (χ2v) is 6.76. The summed E-state index contributed by atoms with van der Waals surface area (Å²) in [7, 11) is 0. The van der Waals surface area contributed by atoms with E-state index in [4.69, 9.17) is 39.5 Å². The minimum absolute atomic E-state index is 0.0405. The number of halogens is 5. The Hall–Kier alpha value is -2.21. The summed E-state index contributed by atoms with van der Waals surface area (Å²) in [5, 5.41) is 0.912. The number of rotatable bonds is 3. The van der Waals surface area contributed by atoms with E-state index in [1.807, 2.05) is 0 Å². The number of pyridine rings is 1. The van der Waals surface area contributed by atoms with Crippen LogP contribution in [0.1, 0.15) is 18.2 Å². The molecule has 0 aliphatic rings. The highest BCUT2D eigenvalue weighted by atomic mass is 35.5. The first-order valence-electron chi connectivity index (χ1n) is 7.56. The van der Waals surface area contributed by atoms with Gasteiger partial charge in [0.1, 0.15) is 17.2 Å². The fraction of sp³-hybridized carbons (Fsp3) is 0.0526. The van der Waals surface area contributed by atoms with E-state index in [0.717, 1.165) is 12.1 Å². The molecule has 0 saturated carbocycles. The Balaban J connectivity index is 2.10. The van der Waals surface area contributed by atoms with Gasteiger partial charge in [0, 0.05) is 22.9 Å². The average molecular weight is 429 g/mol. The first-order valence-corrected chi connectivity index (χ1v) is 8.69. The lowest BCUT2D eigenvalue weighted by Crippen LogP contribution is -2.03. The summed E-state index contributed by atoms with van der Waals surface area (Å²) in [6, 6.07) is 6.70. The molecule has 0 bridgehead atoms. The predicted molar refractivity (Wildman–Crippen MR) is 103 cm³/mol.